The highest BCUT2D eigenvalue weighted by atomic mass is 32.1. The molecule has 164 valence electrons. The van der Waals surface area contributed by atoms with Crippen LogP contribution >= 0.6 is 11.3 Å². The minimum Gasteiger partial charge on any atom is -0.379 e. The zero-order valence-electron chi connectivity index (χ0n) is 18.2. The van der Waals surface area contributed by atoms with Crippen molar-refractivity contribution in [1.82, 2.24) is 19.7 Å². The SMILES string of the molecule is Cc1nn(C)c2nc(-c3cccs3)cc(C(=O)Nc3ccc(CN4CCOCC4)cc3)c12. The van der Waals surface area contributed by atoms with E-state index in [-0.39, 0.29) is 5.91 Å². The predicted octanol–water partition coefficient (Wildman–Crippen LogP) is 4.09. The fourth-order valence-electron chi connectivity index (χ4n) is 4.08. The van der Waals surface area contributed by atoms with Crippen LogP contribution < -0.4 is 5.32 Å². The number of nitrogens with one attached hydrogen (secondary N) is 1. The molecular weight excluding hydrogens is 422 g/mol. The van der Waals surface area contributed by atoms with Gasteiger partial charge in [0.1, 0.15) is 0 Å². The number of amides is 1. The molecule has 0 saturated carbocycles. The van der Waals surface area contributed by atoms with Crippen LogP contribution in [0.1, 0.15) is 21.6 Å². The molecule has 0 radical (unpaired) electrons. The molecule has 0 unspecified atom stereocenters. The number of benzene rings is 1. The summed E-state index contributed by atoms with van der Waals surface area (Å²) in [5.74, 6) is -0.160. The number of fused-ring (bicyclic) bond motifs is 1. The first-order valence-corrected chi connectivity index (χ1v) is 11.5. The van der Waals surface area contributed by atoms with E-state index in [9.17, 15) is 4.79 Å². The Hall–Kier alpha value is -3.07. The molecule has 0 bridgehead atoms. The van der Waals surface area contributed by atoms with Gasteiger partial charge >= 0.3 is 0 Å². The number of hydrogen-bond acceptors (Lipinski definition) is 6. The van der Waals surface area contributed by atoms with E-state index >= 15 is 0 Å². The molecule has 1 fully saturated rings. The van der Waals surface area contributed by atoms with Gasteiger partial charge in [0, 0.05) is 32.4 Å². The van der Waals surface area contributed by atoms with E-state index in [0.29, 0.717) is 11.2 Å². The Morgan fingerprint density at radius 2 is 1.97 bits per heavy atom. The second-order valence-electron chi connectivity index (χ2n) is 7.98. The predicted molar refractivity (Wildman–Crippen MR) is 127 cm³/mol. The smallest absolute Gasteiger partial charge is 0.256 e. The minimum absolute atomic E-state index is 0.160. The van der Waals surface area contributed by atoms with Gasteiger partial charge in [-0.05, 0) is 42.1 Å². The maximum absolute atomic E-state index is 13.3. The number of aromatic nitrogens is 3. The second-order valence-corrected chi connectivity index (χ2v) is 8.93. The van der Waals surface area contributed by atoms with Crippen LogP contribution in [0.25, 0.3) is 21.6 Å². The Balaban J connectivity index is 1.41. The van der Waals surface area contributed by atoms with Crippen molar-refractivity contribution in [2.45, 2.75) is 13.5 Å². The molecule has 32 heavy (non-hydrogen) atoms. The van der Waals surface area contributed by atoms with Crippen molar-refractivity contribution in [2.75, 3.05) is 31.6 Å². The molecule has 4 heterocycles. The standard InChI is InChI=1S/C24H25N5O2S/c1-16-22-19(14-20(21-4-3-13-32-21)26-23(22)28(2)27-16)24(30)25-18-7-5-17(6-8-18)15-29-9-11-31-12-10-29/h3-8,13-14H,9-12,15H2,1-2H3,(H,25,30). The Labute approximate surface area is 190 Å². The molecule has 1 aliphatic rings. The lowest BCUT2D eigenvalue weighted by atomic mass is 10.1. The molecule has 5 rings (SSSR count). The van der Waals surface area contributed by atoms with E-state index in [1.54, 1.807) is 16.0 Å². The number of rotatable bonds is 5. The Morgan fingerprint density at radius 3 is 2.69 bits per heavy atom. The van der Waals surface area contributed by atoms with Crippen LogP contribution in [0.3, 0.4) is 0 Å². The first-order chi connectivity index (χ1) is 15.6. The highest BCUT2D eigenvalue weighted by Crippen LogP contribution is 2.29. The molecule has 0 atom stereocenters. The van der Waals surface area contributed by atoms with Crippen LogP contribution in [0.5, 0.6) is 0 Å². The van der Waals surface area contributed by atoms with Gasteiger partial charge in [0.25, 0.3) is 5.91 Å². The fraction of sp³-hybridized carbons (Fsp3) is 0.292. The van der Waals surface area contributed by atoms with Crippen LogP contribution in [0.15, 0.2) is 47.8 Å². The van der Waals surface area contributed by atoms with Gasteiger partial charge in [-0.1, -0.05) is 18.2 Å². The number of anilines is 1. The maximum atomic E-state index is 13.3. The molecule has 1 N–H and O–H groups in total. The Kier molecular flexibility index (Phi) is 5.73. The van der Waals surface area contributed by atoms with E-state index in [2.05, 4.69) is 27.4 Å². The van der Waals surface area contributed by atoms with Crippen molar-refractivity contribution in [2.24, 2.45) is 7.05 Å². The number of carbonyl (C=O) groups is 1. The average molecular weight is 448 g/mol. The normalized spacial score (nSPS) is 14.7. The van der Waals surface area contributed by atoms with Gasteiger partial charge in [-0.15, -0.1) is 11.3 Å². The first kappa shape index (κ1) is 20.8. The Bertz CT molecular complexity index is 1240. The third-order valence-corrected chi connectivity index (χ3v) is 6.60. The molecule has 4 aromatic rings. The number of nitrogens with zero attached hydrogens (tertiary/aromatic N) is 4. The Morgan fingerprint density at radius 1 is 1.19 bits per heavy atom. The van der Waals surface area contributed by atoms with Gasteiger partial charge in [-0.2, -0.15) is 5.10 Å². The van der Waals surface area contributed by atoms with Gasteiger partial charge in [0.15, 0.2) is 5.65 Å². The average Bonchev–Trinajstić information content (AvgIpc) is 3.44. The van der Waals surface area contributed by atoms with E-state index < -0.39 is 0 Å². The van der Waals surface area contributed by atoms with Crippen molar-refractivity contribution >= 4 is 34.0 Å². The first-order valence-electron chi connectivity index (χ1n) is 10.7. The van der Waals surface area contributed by atoms with Crippen LogP contribution in [-0.4, -0.2) is 51.9 Å². The van der Waals surface area contributed by atoms with Crippen LogP contribution in [0.2, 0.25) is 0 Å². The molecular formula is C24H25N5O2S. The summed E-state index contributed by atoms with van der Waals surface area (Å²) in [7, 11) is 1.86. The van der Waals surface area contributed by atoms with Gasteiger partial charge < -0.3 is 10.1 Å². The minimum atomic E-state index is -0.160. The van der Waals surface area contributed by atoms with Crippen LogP contribution in [0, 0.1) is 6.92 Å². The topological polar surface area (TPSA) is 72.3 Å². The molecule has 1 amide bonds. The van der Waals surface area contributed by atoms with Crippen molar-refractivity contribution < 1.29 is 9.53 Å². The summed E-state index contributed by atoms with van der Waals surface area (Å²) in [5.41, 5.74) is 4.85. The summed E-state index contributed by atoms with van der Waals surface area (Å²) in [4.78, 5) is 21.5. The number of morpholine rings is 1. The van der Waals surface area contributed by atoms with Gasteiger partial charge in [-0.25, -0.2) is 4.98 Å². The van der Waals surface area contributed by atoms with Crippen molar-refractivity contribution in [3.63, 3.8) is 0 Å². The highest BCUT2D eigenvalue weighted by molar-refractivity contribution is 7.13. The van der Waals surface area contributed by atoms with Crippen LogP contribution in [0.4, 0.5) is 5.69 Å². The van der Waals surface area contributed by atoms with E-state index in [1.807, 2.05) is 49.7 Å². The molecule has 3 aromatic heterocycles. The zero-order valence-corrected chi connectivity index (χ0v) is 19.0. The number of carbonyl (C=O) groups excluding carboxylic acids is 1. The molecule has 8 heteroatoms. The lowest BCUT2D eigenvalue weighted by Gasteiger charge is -2.26. The van der Waals surface area contributed by atoms with E-state index in [1.165, 1.54) is 5.56 Å². The summed E-state index contributed by atoms with van der Waals surface area (Å²) in [6.45, 7) is 6.28. The summed E-state index contributed by atoms with van der Waals surface area (Å²) in [5, 5.41) is 10.3. The summed E-state index contributed by atoms with van der Waals surface area (Å²) >= 11 is 1.60. The number of thiophene rings is 1. The highest BCUT2D eigenvalue weighted by Gasteiger charge is 2.20. The van der Waals surface area contributed by atoms with Crippen molar-refractivity contribution in [3.8, 4) is 10.6 Å². The van der Waals surface area contributed by atoms with Crippen LogP contribution in [-0.2, 0) is 18.3 Å². The lowest BCUT2D eigenvalue weighted by Crippen LogP contribution is -2.35. The third-order valence-electron chi connectivity index (χ3n) is 5.71. The second kappa shape index (κ2) is 8.82. The van der Waals surface area contributed by atoms with E-state index in [0.717, 1.165) is 60.2 Å². The van der Waals surface area contributed by atoms with Gasteiger partial charge in [0.2, 0.25) is 0 Å². The number of hydrogen-bond donors (Lipinski definition) is 1. The van der Waals surface area contributed by atoms with Gasteiger partial charge in [-0.3, -0.25) is 14.4 Å². The third kappa shape index (κ3) is 4.17. The molecule has 0 spiro atoms. The largest absolute Gasteiger partial charge is 0.379 e. The number of pyridine rings is 1. The molecule has 1 saturated heterocycles. The van der Waals surface area contributed by atoms with Crippen molar-refractivity contribution in [1.29, 1.82) is 0 Å². The molecule has 7 nitrogen and oxygen atoms in total. The lowest BCUT2D eigenvalue weighted by molar-refractivity contribution is 0.0342. The van der Waals surface area contributed by atoms with E-state index in [4.69, 9.17) is 9.72 Å². The zero-order chi connectivity index (χ0) is 22.1. The number of aryl methyl sites for hydroxylation is 2. The monoisotopic (exact) mass is 447 g/mol. The fourth-order valence-corrected chi connectivity index (χ4v) is 4.77. The summed E-state index contributed by atoms with van der Waals surface area (Å²) in [6.07, 6.45) is 0. The van der Waals surface area contributed by atoms with Gasteiger partial charge in [0.05, 0.1) is 40.4 Å². The summed E-state index contributed by atoms with van der Waals surface area (Å²) in [6, 6.07) is 13.9. The van der Waals surface area contributed by atoms with Crippen molar-refractivity contribution in [3.05, 3.63) is 64.7 Å². The molecule has 1 aromatic carbocycles. The molecule has 0 aliphatic carbocycles. The maximum Gasteiger partial charge on any atom is 0.256 e. The molecule has 1 aliphatic heterocycles. The number of ether oxygens (including phenoxy) is 1. The quantitative estimate of drug-likeness (QED) is 0.499. The summed E-state index contributed by atoms with van der Waals surface area (Å²) < 4.78 is 7.15.